The SMILES string of the molecule is CC1(C)CCC/C1=C\C=O. The summed E-state index contributed by atoms with van der Waals surface area (Å²) in [6.45, 7) is 4.41. The first-order chi connectivity index (χ1) is 4.67. The summed E-state index contributed by atoms with van der Waals surface area (Å²) in [7, 11) is 0. The molecular formula is C9H14O. The molecule has 1 saturated carbocycles. The van der Waals surface area contributed by atoms with Gasteiger partial charge in [0, 0.05) is 0 Å². The quantitative estimate of drug-likeness (QED) is 0.401. The Morgan fingerprint density at radius 1 is 1.50 bits per heavy atom. The van der Waals surface area contributed by atoms with Crippen molar-refractivity contribution in [2.24, 2.45) is 5.41 Å². The molecule has 10 heavy (non-hydrogen) atoms. The second kappa shape index (κ2) is 2.57. The Labute approximate surface area is 62.1 Å². The Kier molecular flexibility index (Phi) is 1.93. The Morgan fingerprint density at radius 3 is 2.60 bits per heavy atom. The molecule has 0 radical (unpaired) electrons. The molecule has 0 aromatic heterocycles. The molecule has 0 unspecified atom stereocenters. The van der Waals surface area contributed by atoms with Crippen LogP contribution in [0.4, 0.5) is 0 Å². The van der Waals surface area contributed by atoms with Crippen LogP contribution >= 0.6 is 0 Å². The van der Waals surface area contributed by atoms with E-state index in [9.17, 15) is 4.79 Å². The van der Waals surface area contributed by atoms with Crippen molar-refractivity contribution < 1.29 is 4.79 Å². The van der Waals surface area contributed by atoms with Gasteiger partial charge < -0.3 is 0 Å². The summed E-state index contributed by atoms with van der Waals surface area (Å²) >= 11 is 0. The van der Waals surface area contributed by atoms with E-state index >= 15 is 0 Å². The fourth-order valence-corrected chi connectivity index (χ4v) is 1.61. The zero-order valence-corrected chi connectivity index (χ0v) is 6.68. The molecule has 0 aliphatic heterocycles. The number of allylic oxidation sites excluding steroid dienone is 2. The second-order valence-corrected chi connectivity index (χ2v) is 3.57. The molecule has 1 aliphatic rings. The monoisotopic (exact) mass is 138 g/mol. The van der Waals surface area contributed by atoms with Crippen molar-refractivity contribution in [3.8, 4) is 0 Å². The van der Waals surface area contributed by atoms with Gasteiger partial charge >= 0.3 is 0 Å². The minimum absolute atomic E-state index is 0.293. The van der Waals surface area contributed by atoms with Gasteiger partial charge in [-0.2, -0.15) is 0 Å². The molecule has 1 rings (SSSR count). The molecule has 0 aromatic rings. The third kappa shape index (κ3) is 1.28. The average molecular weight is 138 g/mol. The summed E-state index contributed by atoms with van der Waals surface area (Å²) in [6, 6.07) is 0. The molecular weight excluding hydrogens is 124 g/mol. The molecule has 0 spiro atoms. The minimum Gasteiger partial charge on any atom is -0.299 e. The maximum Gasteiger partial charge on any atom is 0.142 e. The van der Waals surface area contributed by atoms with Gasteiger partial charge in [-0.15, -0.1) is 0 Å². The number of rotatable bonds is 1. The number of carbonyl (C=O) groups excluding carboxylic acids is 1. The standard InChI is InChI=1S/C9H14O/c1-9(2)6-3-4-8(9)5-7-10/h5,7H,3-4,6H2,1-2H3/b8-5+. The molecule has 1 nitrogen and oxygen atoms in total. The van der Waals surface area contributed by atoms with Crippen molar-refractivity contribution in [1.29, 1.82) is 0 Å². The summed E-state index contributed by atoms with van der Waals surface area (Å²) in [6.07, 6.45) is 6.22. The predicted molar refractivity (Wildman–Crippen MR) is 41.8 cm³/mol. The van der Waals surface area contributed by atoms with Crippen LogP contribution in [0.25, 0.3) is 0 Å². The topological polar surface area (TPSA) is 17.1 Å². The summed E-state index contributed by atoms with van der Waals surface area (Å²) in [4.78, 5) is 10.2. The van der Waals surface area contributed by atoms with Crippen LogP contribution in [0.15, 0.2) is 11.6 Å². The van der Waals surface area contributed by atoms with Gasteiger partial charge in [0.05, 0.1) is 0 Å². The van der Waals surface area contributed by atoms with E-state index in [1.54, 1.807) is 6.08 Å². The van der Waals surface area contributed by atoms with Gasteiger partial charge in [-0.3, -0.25) is 4.79 Å². The van der Waals surface area contributed by atoms with Crippen molar-refractivity contribution >= 4 is 6.29 Å². The average Bonchev–Trinajstić information content (AvgIpc) is 2.13. The highest BCUT2D eigenvalue weighted by atomic mass is 16.1. The zero-order chi connectivity index (χ0) is 7.61. The van der Waals surface area contributed by atoms with E-state index in [4.69, 9.17) is 0 Å². The molecule has 1 heteroatoms. The first-order valence-electron chi connectivity index (χ1n) is 3.81. The molecule has 56 valence electrons. The lowest BCUT2D eigenvalue weighted by Gasteiger charge is -2.18. The van der Waals surface area contributed by atoms with E-state index in [1.807, 2.05) is 0 Å². The Bertz CT molecular complexity index is 166. The Balaban J connectivity index is 2.77. The van der Waals surface area contributed by atoms with Gasteiger partial charge in [0.1, 0.15) is 6.29 Å². The van der Waals surface area contributed by atoms with Crippen LogP contribution in [0.2, 0.25) is 0 Å². The van der Waals surface area contributed by atoms with Crippen molar-refractivity contribution in [3.63, 3.8) is 0 Å². The van der Waals surface area contributed by atoms with Gasteiger partial charge in [0.25, 0.3) is 0 Å². The molecule has 1 fully saturated rings. The van der Waals surface area contributed by atoms with Gasteiger partial charge in [0.2, 0.25) is 0 Å². The van der Waals surface area contributed by atoms with E-state index in [0.717, 1.165) is 12.7 Å². The van der Waals surface area contributed by atoms with Crippen LogP contribution in [0.3, 0.4) is 0 Å². The van der Waals surface area contributed by atoms with E-state index in [-0.39, 0.29) is 0 Å². The largest absolute Gasteiger partial charge is 0.299 e. The van der Waals surface area contributed by atoms with Gasteiger partial charge in [-0.25, -0.2) is 0 Å². The highest BCUT2D eigenvalue weighted by molar-refractivity contribution is 5.66. The Hall–Kier alpha value is -0.590. The predicted octanol–water partition coefficient (Wildman–Crippen LogP) is 2.32. The fraction of sp³-hybridized carbons (Fsp3) is 0.667. The first kappa shape index (κ1) is 7.52. The molecule has 0 bridgehead atoms. The van der Waals surface area contributed by atoms with Crippen molar-refractivity contribution in [3.05, 3.63) is 11.6 Å². The summed E-state index contributed by atoms with van der Waals surface area (Å²) in [5.74, 6) is 0. The number of hydrogen-bond donors (Lipinski definition) is 0. The van der Waals surface area contributed by atoms with E-state index in [1.165, 1.54) is 18.4 Å². The molecule has 1 aliphatic carbocycles. The van der Waals surface area contributed by atoms with Crippen LogP contribution in [0, 0.1) is 5.41 Å². The molecule has 0 amide bonds. The smallest absolute Gasteiger partial charge is 0.142 e. The fourth-order valence-electron chi connectivity index (χ4n) is 1.61. The number of carbonyl (C=O) groups is 1. The third-order valence-electron chi connectivity index (χ3n) is 2.39. The number of aldehydes is 1. The van der Waals surface area contributed by atoms with Crippen molar-refractivity contribution in [1.82, 2.24) is 0 Å². The summed E-state index contributed by atoms with van der Waals surface area (Å²) in [5.41, 5.74) is 1.61. The van der Waals surface area contributed by atoms with E-state index in [2.05, 4.69) is 13.8 Å². The normalized spacial score (nSPS) is 27.2. The van der Waals surface area contributed by atoms with Gasteiger partial charge in [-0.05, 0) is 30.8 Å². The lowest BCUT2D eigenvalue weighted by Crippen LogP contribution is -2.06. The highest BCUT2D eigenvalue weighted by Gasteiger charge is 2.27. The lowest BCUT2D eigenvalue weighted by atomic mass is 9.87. The maximum atomic E-state index is 10.2. The molecule has 0 saturated heterocycles. The molecule has 0 aromatic carbocycles. The maximum absolute atomic E-state index is 10.2. The Morgan fingerprint density at radius 2 is 2.20 bits per heavy atom. The number of hydrogen-bond acceptors (Lipinski definition) is 1. The van der Waals surface area contributed by atoms with Crippen LogP contribution in [-0.2, 0) is 4.79 Å². The van der Waals surface area contributed by atoms with Crippen molar-refractivity contribution in [2.45, 2.75) is 33.1 Å². The minimum atomic E-state index is 0.293. The van der Waals surface area contributed by atoms with Crippen LogP contribution in [0.5, 0.6) is 0 Å². The van der Waals surface area contributed by atoms with Gasteiger partial charge in [-0.1, -0.05) is 19.4 Å². The third-order valence-corrected chi connectivity index (χ3v) is 2.39. The van der Waals surface area contributed by atoms with Crippen molar-refractivity contribution in [2.75, 3.05) is 0 Å². The second-order valence-electron chi connectivity index (χ2n) is 3.57. The lowest BCUT2D eigenvalue weighted by molar-refractivity contribution is -0.104. The first-order valence-corrected chi connectivity index (χ1v) is 3.81. The van der Waals surface area contributed by atoms with Crippen LogP contribution in [-0.4, -0.2) is 6.29 Å². The van der Waals surface area contributed by atoms with E-state index in [0.29, 0.717) is 5.41 Å². The van der Waals surface area contributed by atoms with E-state index < -0.39 is 0 Å². The molecule has 0 N–H and O–H groups in total. The summed E-state index contributed by atoms with van der Waals surface area (Å²) < 4.78 is 0. The van der Waals surface area contributed by atoms with Gasteiger partial charge in [0.15, 0.2) is 0 Å². The molecule has 0 heterocycles. The zero-order valence-electron chi connectivity index (χ0n) is 6.68. The van der Waals surface area contributed by atoms with Crippen LogP contribution < -0.4 is 0 Å². The summed E-state index contributed by atoms with van der Waals surface area (Å²) in [5, 5.41) is 0. The van der Waals surface area contributed by atoms with Crippen LogP contribution in [0.1, 0.15) is 33.1 Å². The molecule has 0 atom stereocenters. The highest BCUT2D eigenvalue weighted by Crippen LogP contribution is 2.41.